The Morgan fingerprint density at radius 2 is 2.00 bits per heavy atom. The summed E-state index contributed by atoms with van der Waals surface area (Å²) >= 11 is 0. The van der Waals surface area contributed by atoms with Gasteiger partial charge in [-0.15, -0.1) is 0 Å². The van der Waals surface area contributed by atoms with Crippen LogP contribution in [0, 0.1) is 13.8 Å². The van der Waals surface area contributed by atoms with Gasteiger partial charge in [0.05, 0.1) is 18.9 Å². The smallest absolute Gasteiger partial charge is 0.0700 e. The van der Waals surface area contributed by atoms with E-state index >= 15 is 0 Å². The van der Waals surface area contributed by atoms with Crippen LogP contribution < -0.4 is 5.73 Å². The van der Waals surface area contributed by atoms with Crippen molar-refractivity contribution in [2.45, 2.75) is 33.4 Å². The lowest BCUT2D eigenvalue weighted by molar-refractivity contribution is 0.0676. The second kappa shape index (κ2) is 7.42. The molecule has 1 aromatic heterocycles. The SMILES string of the molecule is COCCOCCCn1nc(C)c(CN)c1C. The predicted molar refractivity (Wildman–Crippen MR) is 66.9 cm³/mol. The zero-order valence-corrected chi connectivity index (χ0v) is 11.0. The molecule has 0 bridgehead atoms. The highest BCUT2D eigenvalue weighted by Crippen LogP contribution is 2.12. The Morgan fingerprint density at radius 3 is 2.59 bits per heavy atom. The van der Waals surface area contributed by atoms with Gasteiger partial charge in [0, 0.05) is 38.1 Å². The molecule has 0 aliphatic rings. The molecular formula is C12H23N3O2. The summed E-state index contributed by atoms with van der Waals surface area (Å²) in [7, 11) is 1.67. The van der Waals surface area contributed by atoms with Crippen molar-refractivity contribution in [2.75, 3.05) is 26.9 Å². The van der Waals surface area contributed by atoms with Crippen molar-refractivity contribution in [2.24, 2.45) is 5.73 Å². The topological polar surface area (TPSA) is 62.3 Å². The van der Waals surface area contributed by atoms with E-state index in [0.717, 1.165) is 30.8 Å². The van der Waals surface area contributed by atoms with Gasteiger partial charge in [0.15, 0.2) is 0 Å². The average molecular weight is 241 g/mol. The highest BCUT2D eigenvalue weighted by molar-refractivity contribution is 5.23. The van der Waals surface area contributed by atoms with E-state index in [0.29, 0.717) is 19.8 Å². The van der Waals surface area contributed by atoms with E-state index in [1.165, 1.54) is 5.69 Å². The third kappa shape index (κ3) is 4.11. The number of rotatable bonds is 8. The van der Waals surface area contributed by atoms with E-state index in [1.807, 2.05) is 11.6 Å². The van der Waals surface area contributed by atoms with Gasteiger partial charge in [-0.1, -0.05) is 0 Å². The summed E-state index contributed by atoms with van der Waals surface area (Å²) in [6.07, 6.45) is 0.954. The number of methoxy groups -OCH3 is 1. The number of nitrogens with zero attached hydrogens (tertiary/aromatic N) is 2. The van der Waals surface area contributed by atoms with Crippen LogP contribution in [-0.2, 0) is 22.6 Å². The number of aryl methyl sites for hydroxylation is 2. The Hall–Kier alpha value is -0.910. The maximum atomic E-state index is 5.68. The van der Waals surface area contributed by atoms with E-state index in [4.69, 9.17) is 15.2 Å². The monoisotopic (exact) mass is 241 g/mol. The molecule has 0 aliphatic heterocycles. The van der Waals surface area contributed by atoms with Crippen LogP contribution in [0.2, 0.25) is 0 Å². The van der Waals surface area contributed by atoms with Crippen LogP contribution in [0.15, 0.2) is 0 Å². The molecule has 0 saturated heterocycles. The fraction of sp³-hybridized carbons (Fsp3) is 0.750. The fourth-order valence-electron chi connectivity index (χ4n) is 1.81. The molecule has 0 radical (unpaired) electrons. The van der Waals surface area contributed by atoms with E-state index in [9.17, 15) is 0 Å². The summed E-state index contributed by atoms with van der Waals surface area (Å²) in [6, 6.07) is 0. The van der Waals surface area contributed by atoms with Crippen LogP contribution in [-0.4, -0.2) is 36.7 Å². The summed E-state index contributed by atoms with van der Waals surface area (Å²) in [5.41, 5.74) is 9.04. The highest BCUT2D eigenvalue weighted by atomic mass is 16.5. The predicted octanol–water partition coefficient (Wildman–Crippen LogP) is 1.01. The minimum atomic E-state index is 0.558. The molecule has 0 unspecified atom stereocenters. The van der Waals surface area contributed by atoms with Crippen LogP contribution in [0.1, 0.15) is 23.4 Å². The number of ether oxygens (including phenoxy) is 2. The van der Waals surface area contributed by atoms with Crippen molar-refractivity contribution in [3.05, 3.63) is 17.0 Å². The second-order valence-electron chi connectivity index (χ2n) is 4.04. The van der Waals surface area contributed by atoms with Crippen LogP contribution >= 0.6 is 0 Å². The Bertz CT molecular complexity index is 337. The van der Waals surface area contributed by atoms with Crippen LogP contribution in [0.25, 0.3) is 0 Å². The Kier molecular flexibility index (Phi) is 6.18. The number of hydrogen-bond donors (Lipinski definition) is 1. The third-order valence-electron chi connectivity index (χ3n) is 2.83. The molecule has 1 aromatic rings. The van der Waals surface area contributed by atoms with Gasteiger partial charge >= 0.3 is 0 Å². The van der Waals surface area contributed by atoms with Gasteiger partial charge < -0.3 is 15.2 Å². The molecule has 0 aromatic carbocycles. The average Bonchev–Trinajstić information content (AvgIpc) is 2.58. The highest BCUT2D eigenvalue weighted by Gasteiger charge is 2.08. The molecule has 5 nitrogen and oxygen atoms in total. The zero-order valence-electron chi connectivity index (χ0n) is 11.0. The largest absolute Gasteiger partial charge is 0.382 e. The maximum Gasteiger partial charge on any atom is 0.0700 e. The summed E-state index contributed by atoms with van der Waals surface area (Å²) in [5, 5.41) is 4.47. The van der Waals surface area contributed by atoms with Gasteiger partial charge in [0.25, 0.3) is 0 Å². The number of aromatic nitrogens is 2. The van der Waals surface area contributed by atoms with Crippen molar-refractivity contribution >= 4 is 0 Å². The Balaban J connectivity index is 2.32. The lowest BCUT2D eigenvalue weighted by atomic mass is 10.2. The molecule has 1 rings (SSSR count). The third-order valence-corrected chi connectivity index (χ3v) is 2.83. The quantitative estimate of drug-likeness (QED) is 0.690. The molecule has 98 valence electrons. The number of nitrogens with two attached hydrogens (primary N) is 1. The normalized spacial score (nSPS) is 11.1. The van der Waals surface area contributed by atoms with Gasteiger partial charge in [0.1, 0.15) is 0 Å². The molecule has 5 heteroatoms. The molecule has 0 saturated carbocycles. The van der Waals surface area contributed by atoms with Crippen LogP contribution in [0.3, 0.4) is 0 Å². The number of hydrogen-bond acceptors (Lipinski definition) is 4. The van der Waals surface area contributed by atoms with Gasteiger partial charge in [-0.3, -0.25) is 4.68 Å². The van der Waals surface area contributed by atoms with E-state index in [-0.39, 0.29) is 0 Å². The first-order valence-electron chi connectivity index (χ1n) is 6.00. The van der Waals surface area contributed by atoms with Crippen molar-refractivity contribution in [3.8, 4) is 0 Å². The van der Waals surface area contributed by atoms with E-state index in [2.05, 4.69) is 12.0 Å². The van der Waals surface area contributed by atoms with Gasteiger partial charge in [-0.05, 0) is 20.3 Å². The Morgan fingerprint density at radius 1 is 1.24 bits per heavy atom. The van der Waals surface area contributed by atoms with Crippen molar-refractivity contribution < 1.29 is 9.47 Å². The molecule has 0 fully saturated rings. The summed E-state index contributed by atoms with van der Waals surface area (Å²) in [5.74, 6) is 0. The van der Waals surface area contributed by atoms with E-state index in [1.54, 1.807) is 7.11 Å². The first kappa shape index (κ1) is 14.2. The fourth-order valence-corrected chi connectivity index (χ4v) is 1.81. The van der Waals surface area contributed by atoms with Crippen molar-refractivity contribution in [3.63, 3.8) is 0 Å². The molecule has 0 amide bonds. The standard InChI is InChI=1S/C12H23N3O2/c1-10-12(9-13)11(2)15(14-10)5-4-6-17-8-7-16-3/h4-9,13H2,1-3H3. The van der Waals surface area contributed by atoms with Crippen molar-refractivity contribution in [1.82, 2.24) is 9.78 Å². The van der Waals surface area contributed by atoms with Crippen LogP contribution in [0.4, 0.5) is 0 Å². The minimum absolute atomic E-state index is 0.558. The van der Waals surface area contributed by atoms with E-state index < -0.39 is 0 Å². The van der Waals surface area contributed by atoms with Crippen molar-refractivity contribution in [1.29, 1.82) is 0 Å². The first-order valence-corrected chi connectivity index (χ1v) is 6.00. The molecule has 1 heterocycles. The molecule has 2 N–H and O–H groups in total. The molecule has 0 aliphatic carbocycles. The van der Waals surface area contributed by atoms with Crippen LogP contribution in [0.5, 0.6) is 0 Å². The summed E-state index contributed by atoms with van der Waals surface area (Å²) in [4.78, 5) is 0. The zero-order chi connectivity index (χ0) is 12.7. The Labute approximate surface area is 103 Å². The lowest BCUT2D eigenvalue weighted by Gasteiger charge is -2.06. The molecule has 0 atom stereocenters. The summed E-state index contributed by atoms with van der Waals surface area (Å²) < 4.78 is 12.3. The van der Waals surface area contributed by atoms with Gasteiger partial charge in [-0.2, -0.15) is 5.10 Å². The summed E-state index contributed by atoms with van der Waals surface area (Å²) in [6.45, 7) is 7.54. The molecule has 17 heavy (non-hydrogen) atoms. The first-order chi connectivity index (χ1) is 8.20. The lowest BCUT2D eigenvalue weighted by Crippen LogP contribution is -2.08. The maximum absolute atomic E-state index is 5.68. The van der Waals surface area contributed by atoms with Gasteiger partial charge in [-0.25, -0.2) is 0 Å². The van der Waals surface area contributed by atoms with Gasteiger partial charge in [0.2, 0.25) is 0 Å². The minimum Gasteiger partial charge on any atom is -0.382 e. The molecular weight excluding hydrogens is 218 g/mol. The molecule has 0 spiro atoms. The second-order valence-corrected chi connectivity index (χ2v) is 4.04.